The molecule has 0 unspecified atom stereocenters. The molecule has 26 heavy (non-hydrogen) atoms. The van der Waals surface area contributed by atoms with Crippen LogP contribution in [0.15, 0.2) is 10.9 Å². The van der Waals surface area contributed by atoms with Crippen LogP contribution >= 0.6 is 0 Å². The number of amides is 1. The first-order chi connectivity index (χ1) is 12.4. The summed E-state index contributed by atoms with van der Waals surface area (Å²) in [7, 11) is -3.20. The molecule has 0 N–H and O–H groups in total. The Hall–Kier alpha value is -1.74. The van der Waals surface area contributed by atoms with Crippen LogP contribution in [0.3, 0.4) is 0 Å². The van der Waals surface area contributed by atoms with Gasteiger partial charge in [-0.05, 0) is 44.6 Å². The summed E-state index contributed by atoms with van der Waals surface area (Å²) in [5.74, 6) is -0.180. The number of carbonyl (C=O) groups is 1. The maximum atomic E-state index is 12.8. The number of hydrogen-bond donors (Lipinski definition) is 0. The molecular weight excluding hydrogens is 356 g/mol. The van der Waals surface area contributed by atoms with Crippen molar-refractivity contribution >= 4 is 15.9 Å². The lowest BCUT2D eigenvalue weighted by Gasteiger charge is -2.35. The highest BCUT2D eigenvalue weighted by Gasteiger charge is 2.41. The molecule has 2 aliphatic carbocycles. The quantitative estimate of drug-likeness (QED) is 0.729. The SMILES string of the molecule is C[C@@H](C(=O)N1CCN(S(=O)(=O)C2CC2)CC1)n1nc2c(cc1=O)CCC2. The summed E-state index contributed by atoms with van der Waals surface area (Å²) >= 11 is 0. The topological polar surface area (TPSA) is 92.6 Å². The Labute approximate surface area is 152 Å². The van der Waals surface area contributed by atoms with E-state index in [0.717, 1.165) is 43.4 Å². The monoisotopic (exact) mass is 380 g/mol. The van der Waals surface area contributed by atoms with Gasteiger partial charge in [0.2, 0.25) is 15.9 Å². The molecule has 2 heterocycles. The first kappa shape index (κ1) is 17.7. The van der Waals surface area contributed by atoms with Crippen LogP contribution in [0.25, 0.3) is 0 Å². The van der Waals surface area contributed by atoms with E-state index in [2.05, 4.69) is 5.10 Å². The van der Waals surface area contributed by atoms with Gasteiger partial charge in [0.25, 0.3) is 5.56 Å². The summed E-state index contributed by atoms with van der Waals surface area (Å²) in [6.07, 6.45) is 4.19. The Morgan fingerprint density at radius 3 is 2.54 bits per heavy atom. The summed E-state index contributed by atoms with van der Waals surface area (Å²) in [6.45, 7) is 3.04. The normalized spacial score (nSPS) is 22.3. The van der Waals surface area contributed by atoms with Gasteiger partial charge in [0, 0.05) is 32.2 Å². The van der Waals surface area contributed by atoms with Gasteiger partial charge in [-0.3, -0.25) is 9.59 Å². The number of sulfonamides is 1. The van der Waals surface area contributed by atoms with Gasteiger partial charge in [0.15, 0.2) is 0 Å². The van der Waals surface area contributed by atoms with Gasteiger partial charge in [-0.25, -0.2) is 13.1 Å². The van der Waals surface area contributed by atoms with E-state index >= 15 is 0 Å². The van der Waals surface area contributed by atoms with Crippen LogP contribution < -0.4 is 5.56 Å². The van der Waals surface area contributed by atoms with Crippen molar-refractivity contribution in [3.8, 4) is 0 Å². The third kappa shape index (κ3) is 3.07. The second-order valence-corrected chi connectivity index (χ2v) is 9.61. The average Bonchev–Trinajstić information content (AvgIpc) is 3.40. The van der Waals surface area contributed by atoms with E-state index in [0.29, 0.717) is 26.2 Å². The van der Waals surface area contributed by atoms with Gasteiger partial charge in [-0.2, -0.15) is 9.40 Å². The van der Waals surface area contributed by atoms with Gasteiger partial charge in [-0.1, -0.05) is 0 Å². The summed E-state index contributed by atoms with van der Waals surface area (Å²) in [5.41, 5.74) is 1.65. The third-order valence-corrected chi connectivity index (χ3v) is 7.96. The Morgan fingerprint density at radius 1 is 1.19 bits per heavy atom. The zero-order valence-corrected chi connectivity index (χ0v) is 15.7. The minimum absolute atomic E-state index is 0.180. The Bertz CT molecular complexity index is 883. The molecule has 0 spiro atoms. The zero-order valence-electron chi connectivity index (χ0n) is 14.9. The first-order valence-electron chi connectivity index (χ1n) is 9.27. The molecule has 1 atom stereocenters. The number of aryl methyl sites for hydroxylation is 2. The summed E-state index contributed by atoms with van der Waals surface area (Å²) in [5, 5.41) is 4.18. The number of aromatic nitrogens is 2. The van der Waals surface area contributed by atoms with Crippen LogP contribution in [0.2, 0.25) is 0 Å². The minimum atomic E-state index is -3.20. The van der Waals surface area contributed by atoms with E-state index < -0.39 is 16.1 Å². The number of hydrogen-bond acceptors (Lipinski definition) is 5. The largest absolute Gasteiger partial charge is 0.338 e. The Morgan fingerprint density at radius 2 is 1.88 bits per heavy atom. The average molecular weight is 380 g/mol. The highest BCUT2D eigenvalue weighted by molar-refractivity contribution is 7.90. The zero-order chi connectivity index (χ0) is 18.5. The van der Waals surface area contributed by atoms with Crippen molar-refractivity contribution in [3.05, 3.63) is 27.7 Å². The Balaban J connectivity index is 1.44. The van der Waals surface area contributed by atoms with Crippen LogP contribution in [-0.2, 0) is 27.7 Å². The standard InChI is InChI=1S/C17H24N4O4S/c1-12(21-16(22)11-13-3-2-4-15(13)18-21)17(23)19-7-9-20(10-8-19)26(24,25)14-5-6-14/h11-12,14H,2-10H2,1H3/t12-/m0/s1. The molecule has 0 bridgehead atoms. The van der Waals surface area contributed by atoms with Gasteiger partial charge in [-0.15, -0.1) is 0 Å². The lowest BCUT2D eigenvalue weighted by molar-refractivity contribution is -0.135. The van der Waals surface area contributed by atoms with Crippen molar-refractivity contribution < 1.29 is 13.2 Å². The van der Waals surface area contributed by atoms with Crippen LogP contribution in [0.5, 0.6) is 0 Å². The lowest BCUT2D eigenvalue weighted by Crippen LogP contribution is -2.53. The molecule has 8 nitrogen and oxygen atoms in total. The van der Waals surface area contributed by atoms with Crippen LogP contribution in [0.4, 0.5) is 0 Å². The smallest absolute Gasteiger partial charge is 0.267 e. The van der Waals surface area contributed by atoms with Gasteiger partial charge in [0.05, 0.1) is 10.9 Å². The highest BCUT2D eigenvalue weighted by Crippen LogP contribution is 2.31. The molecule has 0 radical (unpaired) electrons. The van der Waals surface area contributed by atoms with E-state index in [-0.39, 0.29) is 16.7 Å². The predicted molar refractivity (Wildman–Crippen MR) is 95.3 cm³/mol. The van der Waals surface area contributed by atoms with E-state index in [1.165, 1.54) is 8.99 Å². The minimum Gasteiger partial charge on any atom is -0.338 e. The van der Waals surface area contributed by atoms with Crippen molar-refractivity contribution in [1.29, 1.82) is 0 Å². The molecule has 2 fully saturated rings. The van der Waals surface area contributed by atoms with E-state index in [1.807, 2.05) is 0 Å². The molecule has 0 aromatic carbocycles. The van der Waals surface area contributed by atoms with E-state index in [4.69, 9.17) is 0 Å². The van der Waals surface area contributed by atoms with Gasteiger partial charge in [0.1, 0.15) is 6.04 Å². The summed E-state index contributed by atoms with van der Waals surface area (Å²) in [4.78, 5) is 26.8. The van der Waals surface area contributed by atoms with Crippen LogP contribution in [0.1, 0.15) is 43.5 Å². The number of carbonyl (C=O) groups excluding carboxylic acids is 1. The highest BCUT2D eigenvalue weighted by atomic mass is 32.2. The van der Waals surface area contributed by atoms with Crippen molar-refractivity contribution in [2.75, 3.05) is 26.2 Å². The second kappa shape index (κ2) is 6.45. The molecule has 1 amide bonds. The van der Waals surface area contributed by atoms with E-state index in [9.17, 15) is 18.0 Å². The fourth-order valence-electron chi connectivity index (χ4n) is 3.80. The van der Waals surface area contributed by atoms with Crippen molar-refractivity contribution in [2.45, 2.75) is 50.3 Å². The fraction of sp³-hybridized carbons (Fsp3) is 0.706. The number of piperazine rings is 1. The summed E-state index contributed by atoms with van der Waals surface area (Å²) < 4.78 is 27.4. The van der Waals surface area contributed by atoms with Gasteiger partial charge >= 0.3 is 0 Å². The molecule has 1 aromatic rings. The molecule has 142 valence electrons. The number of nitrogens with zero attached hydrogens (tertiary/aromatic N) is 4. The van der Waals surface area contributed by atoms with E-state index in [1.54, 1.807) is 17.9 Å². The fourth-order valence-corrected chi connectivity index (χ4v) is 5.63. The third-order valence-electron chi connectivity index (χ3n) is 5.56. The maximum Gasteiger partial charge on any atom is 0.267 e. The number of rotatable bonds is 4. The van der Waals surface area contributed by atoms with Crippen molar-refractivity contribution in [2.24, 2.45) is 0 Å². The van der Waals surface area contributed by atoms with Crippen molar-refractivity contribution in [1.82, 2.24) is 19.0 Å². The van der Waals surface area contributed by atoms with Crippen molar-refractivity contribution in [3.63, 3.8) is 0 Å². The molecule has 9 heteroatoms. The Kier molecular flexibility index (Phi) is 4.38. The molecule has 1 aromatic heterocycles. The number of fused-ring (bicyclic) bond motifs is 1. The molecule has 1 saturated carbocycles. The second-order valence-electron chi connectivity index (χ2n) is 7.40. The molecule has 1 saturated heterocycles. The van der Waals surface area contributed by atoms with Crippen LogP contribution in [0, 0.1) is 0 Å². The van der Waals surface area contributed by atoms with Gasteiger partial charge < -0.3 is 4.90 Å². The molecular formula is C17H24N4O4S. The lowest BCUT2D eigenvalue weighted by atomic mass is 10.2. The summed E-state index contributed by atoms with van der Waals surface area (Å²) in [6, 6.07) is 0.916. The molecule has 1 aliphatic heterocycles. The molecule has 3 aliphatic rings. The molecule has 4 rings (SSSR count). The first-order valence-corrected chi connectivity index (χ1v) is 10.8. The maximum absolute atomic E-state index is 12.8. The predicted octanol–water partition coefficient (Wildman–Crippen LogP) is -0.0706. The van der Waals surface area contributed by atoms with Crippen LogP contribution in [-0.4, -0.2) is 64.7 Å².